The number of thiophene rings is 1. The van der Waals surface area contributed by atoms with Crippen molar-refractivity contribution in [3.05, 3.63) is 41.2 Å². The number of hydrogen-bond acceptors (Lipinski definition) is 2. The summed E-state index contributed by atoms with van der Waals surface area (Å²) in [6, 6.07) is 4.82. The fraction of sp³-hybridized carbons (Fsp3) is 0.400. The SMILES string of the molecule is CCCCCc1cc(F)c2c(c1)sc1cc(OCCC)c(F)c(F)c12. The molecule has 1 aromatic heterocycles. The van der Waals surface area contributed by atoms with Gasteiger partial charge in [0.05, 0.1) is 6.61 Å². The Morgan fingerprint density at radius 2 is 1.64 bits per heavy atom. The molecule has 0 saturated carbocycles. The van der Waals surface area contributed by atoms with Gasteiger partial charge < -0.3 is 4.74 Å². The second-order valence-electron chi connectivity index (χ2n) is 6.23. The van der Waals surface area contributed by atoms with Gasteiger partial charge in [0.25, 0.3) is 0 Å². The lowest BCUT2D eigenvalue weighted by atomic mass is 10.0. The second kappa shape index (κ2) is 7.65. The van der Waals surface area contributed by atoms with Gasteiger partial charge in [-0.05, 0) is 37.0 Å². The van der Waals surface area contributed by atoms with E-state index in [0.29, 0.717) is 22.4 Å². The van der Waals surface area contributed by atoms with Gasteiger partial charge in [-0.2, -0.15) is 4.39 Å². The van der Waals surface area contributed by atoms with Crippen molar-refractivity contribution in [2.45, 2.75) is 46.0 Å². The van der Waals surface area contributed by atoms with E-state index in [0.717, 1.165) is 31.2 Å². The molecule has 25 heavy (non-hydrogen) atoms. The van der Waals surface area contributed by atoms with Crippen molar-refractivity contribution < 1.29 is 17.9 Å². The lowest BCUT2D eigenvalue weighted by Crippen LogP contribution is -1.99. The first-order valence-corrected chi connectivity index (χ1v) is 9.53. The van der Waals surface area contributed by atoms with E-state index >= 15 is 0 Å². The van der Waals surface area contributed by atoms with Crippen LogP contribution in [0, 0.1) is 17.5 Å². The predicted molar refractivity (Wildman–Crippen MR) is 98.2 cm³/mol. The van der Waals surface area contributed by atoms with E-state index in [4.69, 9.17) is 4.74 Å². The van der Waals surface area contributed by atoms with Crippen molar-refractivity contribution in [2.24, 2.45) is 0 Å². The van der Waals surface area contributed by atoms with Crippen molar-refractivity contribution in [3.63, 3.8) is 0 Å². The highest BCUT2D eigenvalue weighted by Crippen LogP contribution is 2.41. The molecule has 3 aromatic rings. The Kier molecular flexibility index (Phi) is 5.52. The Bertz CT molecular complexity index is 901. The van der Waals surface area contributed by atoms with Gasteiger partial charge >= 0.3 is 0 Å². The number of benzene rings is 2. The third-order valence-electron chi connectivity index (χ3n) is 4.25. The summed E-state index contributed by atoms with van der Waals surface area (Å²) in [5, 5.41) is 0.177. The summed E-state index contributed by atoms with van der Waals surface area (Å²) in [5.41, 5.74) is 0.897. The normalized spacial score (nSPS) is 11.6. The Balaban J connectivity index is 2.12. The molecule has 2 aromatic carbocycles. The quantitative estimate of drug-likeness (QED) is 0.409. The van der Waals surface area contributed by atoms with E-state index in [1.165, 1.54) is 23.5 Å². The summed E-state index contributed by atoms with van der Waals surface area (Å²) in [7, 11) is 0. The van der Waals surface area contributed by atoms with Gasteiger partial charge in [0.15, 0.2) is 11.6 Å². The number of hydrogen-bond donors (Lipinski definition) is 0. The molecule has 0 saturated heterocycles. The number of ether oxygens (including phenoxy) is 1. The highest BCUT2D eigenvalue weighted by atomic mass is 32.1. The maximum absolute atomic E-state index is 14.6. The van der Waals surface area contributed by atoms with Crippen molar-refractivity contribution in [3.8, 4) is 5.75 Å². The molecular weight excluding hydrogens is 345 g/mol. The highest BCUT2D eigenvalue weighted by Gasteiger charge is 2.21. The van der Waals surface area contributed by atoms with Crippen LogP contribution in [0.15, 0.2) is 18.2 Å². The third kappa shape index (κ3) is 3.47. The van der Waals surface area contributed by atoms with Gasteiger partial charge in [-0.1, -0.05) is 26.7 Å². The minimum absolute atomic E-state index is 0.0129. The standard InChI is InChI=1S/C20H21F3OS/c1-3-5-6-7-12-9-13(21)17-15(10-12)25-16-11-14(24-8-4-2)19(22)20(23)18(16)17/h9-11H,3-8H2,1-2H3. The first-order chi connectivity index (χ1) is 12.1. The van der Waals surface area contributed by atoms with Gasteiger partial charge in [0, 0.05) is 26.2 Å². The summed E-state index contributed by atoms with van der Waals surface area (Å²) >= 11 is 1.27. The van der Waals surface area contributed by atoms with Gasteiger partial charge in [-0.3, -0.25) is 0 Å². The second-order valence-corrected chi connectivity index (χ2v) is 7.32. The fourth-order valence-electron chi connectivity index (χ4n) is 3.01. The van der Waals surface area contributed by atoms with Crippen LogP contribution in [0.25, 0.3) is 20.2 Å². The van der Waals surface area contributed by atoms with Crippen LogP contribution in [0.3, 0.4) is 0 Å². The van der Waals surface area contributed by atoms with Crippen LogP contribution < -0.4 is 4.74 Å². The van der Waals surface area contributed by atoms with E-state index in [2.05, 4.69) is 6.92 Å². The van der Waals surface area contributed by atoms with E-state index in [1.807, 2.05) is 13.0 Å². The van der Waals surface area contributed by atoms with Gasteiger partial charge in [-0.15, -0.1) is 11.3 Å². The Morgan fingerprint density at radius 3 is 2.36 bits per heavy atom. The number of unbranched alkanes of at least 4 members (excludes halogenated alkanes) is 2. The Hall–Kier alpha value is -1.75. The lowest BCUT2D eigenvalue weighted by molar-refractivity contribution is 0.296. The molecule has 3 rings (SSSR count). The summed E-state index contributed by atoms with van der Waals surface area (Å²) in [6.07, 6.45) is 4.66. The zero-order chi connectivity index (χ0) is 18.0. The summed E-state index contributed by atoms with van der Waals surface area (Å²) in [4.78, 5) is 0. The number of rotatable bonds is 7. The number of aryl methyl sites for hydroxylation is 1. The zero-order valence-electron chi connectivity index (χ0n) is 14.4. The number of fused-ring (bicyclic) bond motifs is 3. The minimum atomic E-state index is -1.05. The molecule has 0 spiro atoms. The van der Waals surface area contributed by atoms with Gasteiger partial charge in [-0.25, -0.2) is 8.78 Å². The van der Waals surface area contributed by atoms with Crippen LogP contribution in [-0.4, -0.2) is 6.61 Å². The highest BCUT2D eigenvalue weighted by molar-refractivity contribution is 7.25. The molecule has 0 aliphatic carbocycles. The molecular formula is C20H21F3OS. The molecule has 0 fully saturated rings. The fourth-order valence-corrected chi connectivity index (χ4v) is 4.22. The molecule has 0 aliphatic rings. The van der Waals surface area contributed by atoms with Crippen LogP contribution in [0.4, 0.5) is 13.2 Å². The molecule has 5 heteroatoms. The molecule has 0 atom stereocenters. The predicted octanol–water partition coefficient (Wildman–Crippen LogP) is 6.99. The molecule has 0 unspecified atom stereocenters. The van der Waals surface area contributed by atoms with Crippen molar-refractivity contribution >= 4 is 31.5 Å². The van der Waals surface area contributed by atoms with Crippen LogP contribution >= 0.6 is 11.3 Å². The maximum atomic E-state index is 14.6. The minimum Gasteiger partial charge on any atom is -0.490 e. The Morgan fingerprint density at radius 1 is 0.880 bits per heavy atom. The Labute approximate surface area is 149 Å². The van der Waals surface area contributed by atoms with Gasteiger partial charge in [0.2, 0.25) is 5.82 Å². The average molecular weight is 366 g/mol. The largest absolute Gasteiger partial charge is 0.490 e. The summed E-state index contributed by atoms with van der Waals surface area (Å²) in [5.74, 6) is -2.68. The molecule has 0 aliphatic heterocycles. The van der Waals surface area contributed by atoms with Gasteiger partial charge in [0.1, 0.15) is 5.82 Å². The van der Waals surface area contributed by atoms with Crippen LogP contribution in [0.1, 0.15) is 45.1 Å². The monoisotopic (exact) mass is 366 g/mol. The van der Waals surface area contributed by atoms with Crippen LogP contribution in [-0.2, 0) is 6.42 Å². The molecule has 134 valence electrons. The van der Waals surface area contributed by atoms with E-state index in [1.54, 1.807) is 0 Å². The first-order valence-electron chi connectivity index (χ1n) is 8.72. The lowest BCUT2D eigenvalue weighted by Gasteiger charge is -2.07. The maximum Gasteiger partial charge on any atom is 0.201 e. The molecule has 0 amide bonds. The first kappa shape index (κ1) is 18.1. The zero-order valence-corrected chi connectivity index (χ0v) is 15.2. The molecule has 1 nitrogen and oxygen atoms in total. The number of halogens is 3. The molecule has 0 radical (unpaired) electrons. The molecule has 0 bridgehead atoms. The molecule has 0 N–H and O–H groups in total. The van der Waals surface area contributed by atoms with Crippen molar-refractivity contribution in [1.82, 2.24) is 0 Å². The van der Waals surface area contributed by atoms with E-state index in [9.17, 15) is 13.2 Å². The van der Waals surface area contributed by atoms with Crippen molar-refractivity contribution in [1.29, 1.82) is 0 Å². The summed E-state index contributed by atoms with van der Waals surface area (Å²) < 4.78 is 49.9. The van der Waals surface area contributed by atoms with Crippen LogP contribution in [0.2, 0.25) is 0 Å². The molecule has 1 heterocycles. The smallest absolute Gasteiger partial charge is 0.201 e. The summed E-state index contributed by atoms with van der Waals surface area (Å²) in [6.45, 7) is 4.32. The van der Waals surface area contributed by atoms with E-state index in [-0.39, 0.29) is 16.5 Å². The topological polar surface area (TPSA) is 9.23 Å². The van der Waals surface area contributed by atoms with Crippen LogP contribution in [0.5, 0.6) is 5.75 Å². The van der Waals surface area contributed by atoms with Crippen molar-refractivity contribution in [2.75, 3.05) is 6.61 Å². The average Bonchev–Trinajstić information content (AvgIpc) is 2.96. The third-order valence-corrected chi connectivity index (χ3v) is 5.34. The van der Waals surface area contributed by atoms with E-state index < -0.39 is 17.5 Å².